The molecule has 1 fully saturated rings. The molecular formula is C22H27N3O3. The van der Waals surface area contributed by atoms with Crippen LogP contribution in [0.1, 0.15) is 60.4 Å². The molecule has 0 radical (unpaired) electrons. The van der Waals surface area contributed by atoms with E-state index in [4.69, 9.17) is 4.74 Å². The molecule has 1 N–H and O–H groups in total. The van der Waals surface area contributed by atoms with Gasteiger partial charge in [-0.15, -0.1) is 0 Å². The zero-order valence-electron chi connectivity index (χ0n) is 16.5. The van der Waals surface area contributed by atoms with E-state index in [1.165, 1.54) is 6.20 Å². The third-order valence-corrected chi connectivity index (χ3v) is 5.02. The van der Waals surface area contributed by atoms with Crippen molar-refractivity contribution in [2.75, 3.05) is 18.5 Å². The molecule has 1 aliphatic heterocycles. The molecule has 1 aromatic heterocycles. The predicted molar refractivity (Wildman–Crippen MR) is 109 cm³/mol. The molecule has 1 atom stereocenters. The Kier molecular flexibility index (Phi) is 6.63. The summed E-state index contributed by atoms with van der Waals surface area (Å²) in [6, 6.07) is 10.7. The number of nitrogens with one attached hydrogen (secondary N) is 1. The summed E-state index contributed by atoms with van der Waals surface area (Å²) in [4.78, 5) is 31.6. The van der Waals surface area contributed by atoms with Gasteiger partial charge in [-0.2, -0.15) is 0 Å². The van der Waals surface area contributed by atoms with Crippen LogP contribution in [-0.4, -0.2) is 40.9 Å². The van der Waals surface area contributed by atoms with Crippen LogP contribution >= 0.6 is 0 Å². The molecule has 3 rings (SSSR count). The number of aromatic nitrogens is 1. The van der Waals surface area contributed by atoms with Gasteiger partial charge in [0, 0.05) is 30.0 Å². The first-order valence-electron chi connectivity index (χ1n) is 9.93. The Balaban J connectivity index is 1.71. The van der Waals surface area contributed by atoms with Crippen molar-refractivity contribution >= 4 is 17.5 Å². The van der Waals surface area contributed by atoms with Crippen molar-refractivity contribution in [2.24, 2.45) is 0 Å². The second-order valence-electron chi connectivity index (χ2n) is 6.90. The number of ether oxygens (including phenoxy) is 1. The minimum atomic E-state index is -0.343. The summed E-state index contributed by atoms with van der Waals surface area (Å²) in [6.07, 6.45) is 5.69. The number of benzene rings is 1. The van der Waals surface area contributed by atoms with Gasteiger partial charge in [0.1, 0.15) is 11.4 Å². The lowest BCUT2D eigenvalue weighted by molar-refractivity contribution is 0.0608. The lowest BCUT2D eigenvalue weighted by Crippen LogP contribution is -2.43. The molecule has 1 unspecified atom stereocenters. The van der Waals surface area contributed by atoms with E-state index < -0.39 is 0 Å². The van der Waals surface area contributed by atoms with Gasteiger partial charge in [0.15, 0.2) is 0 Å². The highest BCUT2D eigenvalue weighted by Crippen LogP contribution is 2.22. The minimum absolute atomic E-state index is 0.0240. The Bertz CT molecular complexity index is 820. The monoisotopic (exact) mass is 381 g/mol. The van der Waals surface area contributed by atoms with E-state index in [0.717, 1.165) is 38.0 Å². The van der Waals surface area contributed by atoms with Crippen LogP contribution in [0.4, 0.5) is 5.69 Å². The fourth-order valence-corrected chi connectivity index (χ4v) is 3.54. The van der Waals surface area contributed by atoms with E-state index in [2.05, 4.69) is 17.2 Å². The van der Waals surface area contributed by atoms with Crippen molar-refractivity contribution < 1.29 is 14.3 Å². The Morgan fingerprint density at radius 1 is 1.18 bits per heavy atom. The standard InChI is InChI=1S/C22H27N3O3/c1-3-18-7-5-6-14-25(18)22(27)16-12-13-23-20(15-16)21(26)24-17-8-10-19(11-9-17)28-4-2/h8-13,15,18H,3-7,14H2,1-2H3,(H,24,26). The molecule has 0 aliphatic carbocycles. The summed E-state index contributed by atoms with van der Waals surface area (Å²) in [5, 5.41) is 2.81. The van der Waals surface area contributed by atoms with E-state index in [-0.39, 0.29) is 23.6 Å². The number of carbonyl (C=O) groups excluding carboxylic acids is 2. The Labute approximate surface area is 165 Å². The quantitative estimate of drug-likeness (QED) is 0.816. The molecule has 148 valence electrons. The van der Waals surface area contributed by atoms with Gasteiger partial charge in [0.2, 0.25) is 0 Å². The fraction of sp³-hybridized carbons (Fsp3) is 0.409. The molecule has 2 aromatic rings. The van der Waals surface area contributed by atoms with Gasteiger partial charge in [0.25, 0.3) is 11.8 Å². The Morgan fingerprint density at radius 2 is 1.96 bits per heavy atom. The average Bonchev–Trinajstić information content (AvgIpc) is 2.75. The molecule has 0 saturated carbocycles. The molecule has 6 nitrogen and oxygen atoms in total. The highest BCUT2D eigenvalue weighted by Gasteiger charge is 2.26. The van der Waals surface area contributed by atoms with Crippen molar-refractivity contribution in [3.05, 3.63) is 53.9 Å². The van der Waals surface area contributed by atoms with E-state index in [0.29, 0.717) is 17.9 Å². The third kappa shape index (κ3) is 4.68. The topological polar surface area (TPSA) is 71.5 Å². The van der Waals surface area contributed by atoms with Gasteiger partial charge in [0.05, 0.1) is 6.61 Å². The summed E-state index contributed by atoms with van der Waals surface area (Å²) in [5.41, 5.74) is 1.38. The van der Waals surface area contributed by atoms with Crippen LogP contribution in [0.5, 0.6) is 5.75 Å². The first kappa shape index (κ1) is 19.9. The van der Waals surface area contributed by atoms with Gasteiger partial charge in [-0.25, -0.2) is 0 Å². The molecule has 1 aliphatic rings. The van der Waals surface area contributed by atoms with E-state index >= 15 is 0 Å². The van der Waals surface area contributed by atoms with Crippen LogP contribution in [0, 0.1) is 0 Å². The SMILES string of the molecule is CCOc1ccc(NC(=O)c2cc(C(=O)N3CCCCC3CC)ccn2)cc1. The highest BCUT2D eigenvalue weighted by atomic mass is 16.5. The van der Waals surface area contributed by atoms with Crippen LogP contribution < -0.4 is 10.1 Å². The maximum Gasteiger partial charge on any atom is 0.274 e. The first-order valence-corrected chi connectivity index (χ1v) is 9.93. The van der Waals surface area contributed by atoms with Crippen molar-refractivity contribution in [3.63, 3.8) is 0 Å². The molecule has 2 amide bonds. The van der Waals surface area contributed by atoms with Crippen LogP contribution in [0.2, 0.25) is 0 Å². The second-order valence-corrected chi connectivity index (χ2v) is 6.90. The molecular weight excluding hydrogens is 354 g/mol. The predicted octanol–water partition coefficient (Wildman–Crippen LogP) is 4.14. The zero-order valence-corrected chi connectivity index (χ0v) is 16.5. The molecule has 6 heteroatoms. The van der Waals surface area contributed by atoms with Gasteiger partial charge < -0.3 is 15.0 Å². The summed E-state index contributed by atoms with van der Waals surface area (Å²) < 4.78 is 5.40. The highest BCUT2D eigenvalue weighted by molar-refractivity contribution is 6.04. The van der Waals surface area contributed by atoms with Gasteiger partial charge in [-0.3, -0.25) is 14.6 Å². The summed E-state index contributed by atoms with van der Waals surface area (Å²) in [7, 11) is 0. The van der Waals surface area contributed by atoms with Gasteiger partial charge in [-0.1, -0.05) is 6.92 Å². The molecule has 0 bridgehead atoms. The Hall–Kier alpha value is -2.89. The van der Waals surface area contributed by atoms with Crippen molar-refractivity contribution in [1.29, 1.82) is 0 Å². The van der Waals surface area contributed by atoms with Gasteiger partial charge >= 0.3 is 0 Å². The number of carbonyl (C=O) groups is 2. The van der Waals surface area contributed by atoms with E-state index in [1.54, 1.807) is 36.4 Å². The van der Waals surface area contributed by atoms with Crippen LogP contribution in [-0.2, 0) is 0 Å². The largest absolute Gasteiger partial charge is 0.494 e. The van der Waals surface area contributed by atoms with E-state index in [1.807, 2.05) is 11.8 Å². The second kappa shape index (κ2) is 9.35. The zero-order chi connectivity index (χ0) is 19.9. The molecule has 2 heterocycles. The number of anilines is 1. The number of amides is 2. The summed E-state index contributed by atoms with van der Waals surface area (Å²) in [5.74, 6) is 0.381. The molecule has 28 heavy (non-hydrogen) atoms. The number of rotatable bonds is 6. The number of hydrogen-bond acceptors (Lipinski definition) is 4. The summed E-state index contributed by atoms with van der Waals surface area (Å²) >= 11 is 0. The lowest BCUT2D eigenvalue weighted by Gasteiger charge is -2.35. The first-order chi connectivity index (χ1) is 13.6. The maximum atomic E-state index is 13.0. The van der Waals surface area contributed by atoms with Crippen LogP contribution in [0.15, 0.2) is 42.6 Å². The number of hydrogen-bond donors (Lipinski definition) is 1. The van der Waals surface area contributed by atoms with Crippen LogP contribution in [0.25, 0.3) is 0 Å². The minimum Gasteiger partial charge on any atom is -0.494 e. The molecule has 0 spiro atoms. The number of likely N-dealkylation sites (tertiary alicyclic amines) is 1. The van der Waals surface area contributed by atoms with Gasteiger partial charge in [-0.05, 0) is 69.0 Å². The number of pyridine rings is 1. The van der Waals surface area contributed by atoms with Crippen molar-refractivity contribution in [3.8, 4) is 5.75 Å². The van der Waals surface area contributed by atoms with Crippen molar-refractivity contribution in [2.45, 2.75) is 45.6 Å². The average molecular weight is 381 g/mol. The Morgan fingerprint density at radius 3 is 2.68 bits per heavy atom. The molecule has 1 aromatic carbocycles. The number of piperidine rings is 1. The molecule has 1 saturated heterocycles. The lowest BCUT2D eigenvalue weighted by atomic mass is 9.99. The fourth-order valence-electron chi connectivity index (χ4n) is 3.54. The smallest absolute Gasteiger partial charge is 0.274 e. The maximum absolute atomic E-state index is 13.0. The third-order valence-electron chi connectivity index (χ3n) is 5.02. The van der Waals surface area contributed by atoms with Crippen LogP contribution in [0.3, 0.4) is 0 Å². The number of nitrogens with zero attached hydrogens (tertiary/aromatic N) is 2. The van der Waals surface area contributed by atoms with Crippen molar-refractivity contribution in [1.82, 2.24) is 9.88 Å². The van der Waals surface area contributed by atoms with E-state index in [9.17, 15) is 9.59 Å². The summed E-state index contributed by atoms with van der Waals surface area (Å²) in [6.45, 7) is 5.39. The normalized spacial score (nSPS) is 16.5.